The van der Waals surface area contributed by atoms with Crippen molar-refractivity contribution in [2.45, 2.75) is 18.6 Å². The maximum Gasteiger partial charge on any atom is 0.242 e. The molecule has 0 aromatic heterocycles. The summed E-state index contributed by atoms with van der Waals surface area (Å²) >= 11 is 0. The van der Waals surface area contributed by atoms with Gasteiger partial charge < -0.3 is 10.4 Å². The molecule has 0 spiro atoms. The molecule has 0 aliphatic rings. The number of rotatable bonds is 4. The van der Waals surface area contributed by atoms with Gasteiger partial charge in [0.1, 0.15) is 11.1 Å². The molecule has 5 nitrogen and oxygen atoms in total. The van der Waals surface area contributed by atoms with Crippen molar-refractivity contribution >= 4 is 21.4 Å². The zero-order chi connectivity index (χ0) is 16.0. The van der Waals surface area contributed by atoms with Gasteiger partial charge in [0.2, 0.25) is 5.91 Å². The van der Waals surface area contributed by atoms with Gasteiger partial charge in [-0.3, -0.25) is 4.79 Å². The largest absolute Gasteiger partial charge is 0.395 e. The fourth-order valence-corrected chi connectivity index (χ4v) is 1.79. The minimum Gasteiger partial charge on any atom is -0.395 e. The van der Waals surface area contributed by atoms with E-state index in [2.05, 4.69) is 17.2 Å². The predicted octanol–water partition coefficient (Wildman–Crippen LogP) is 0.931. The summed E-state index contributed by atoms with van der Waals surface area (Å²) in [7, 11) is -3.51. The van der Waals surface area contributed by atoms with Gasteiger partial charge in [-0.2, -0.15) is 0 Å². The van der Waals surface area contributed by atoms with Gasteiger partial charge in [-0.15, -0.1) is 0 Å². The maximum absolute atomic E-state index is 13.7. The lowest BCUT2D eigenvalue weighted by atomic mass is 10.2. The number of benzene rings is 1. The van der Waals surface area contributed by atoms with Crippen LogP contribution in [0.25, 0.3) is 0 Å². The number of halogens is 1. The molecule has 1 aromatic rings. The van der Waals surface area contributed by atoms with E-state index in [4.69, 9.17) is 5.11 Å². The lowest BCUT2D eigenvalue weighted by Gasteiger charge is -2.10. The van der Waals surface area contributed by atoms with Gasteiger partial charge in [-0.1, -0.05) is 11.8 Å². The number of sulfone groups is 1. The first kappa shape index (κ1) is 17.1. The summed E-state index contributed by atoms with van der Waals surface area (Å²) in [5, 5.41) is 9.70. The molecule has 0 fully saturated rings. The van der Waals surface area contributed by atoms with E-state index in [-0.39, 0.29) is 24.3 Å². The molecule has 2 N–H and O–H groups in total. The Hall–Kier alpha value is -1.91. The van der Waals surface area contributed by atoms with E-state index < -0.39 is 26.8 Å². The van der Waals surface area contributed by atoms with Crippen LogP contribution in [-0.4, -0.2) is 37.5 Å². The molecule has 1 amide bonds. The average Bonchev–Trinajstić information content (AvgIpc) is 2.39. The molecule has 0 bridgehead atoms. The summed E-state index contributed by atoms with van der Waals surface area (Å²) in [4.78, 5) is 11.7. The number of amides is 1. The molecule has 0 saturated carbocycles. The summed E-state index contributed by atoms with van der Waals surface area (Å²) in [6.45, 7) is 1.15. The summed E-state index contributed by atoms with van der Waals surface area (Å²) in [6.07, 6.45) is 1.20. The zero-order valence-corrected chi connectivity index (χ0v) is 12.5. The number of anilines is 1. The van der Waals surface area contributed by atoms with Crippen LogP contribution in [0, 0.1) is 17.7 Å². The first-order valence-corrected chi connectivity index (χ1v) is 8.10. The highest BCUT2D eigenvalue weighted by Crippen LogP contribution is 2.15. The number of carbonyl (C=O) groups is 1. The molecule has 0 aliphatic carbocycles. The molecule has 0 saturated heterocycles. The Balaban J connectivity index is 2.86. The van der Waals surface area contributed by atoms with Crippen LogP contribution in [0.1, 0.15) is 18.9 Å². The molecule has 114 valence electrons. The lowest BCUT2D eigenvalue weighted by Crippen LogP contribution is -2.31. The molecule has 1 rings (SSSR count). The van der Waals surface area contributed by atoms with Crippen molar-refractivity contribution in [3.63, 3.8) is 0 Å². The van der Waals surface area contributed by atoms with E-state index in [1.54, 1.807) is 0 Å². The van der Waals surface area contributed by atoms with Crippen LogP contribution < -0.4 is 5.32 Å². The minimum absolute atomic E-state index is 0.105. The Morgan fingerprint density at radius 2 is 2.14 bits per heavy atom. The van der Waals surface area contributed by atoms with Crippen LogP contribution in [0.2, 0.25) is 0 Å². The van der Waals surface area contributed by atoms with Gasteiger partial charge in [0.25, 0.3) is 0 Å². The van der Waals surface area contributed by atoms with E-state index in [1.165, 1.54) is 19.1 Å². The molecule has 0 aliphatic heterocycles. The van der Waals surface area contributed by atoms with Crippen LogP contribution in [0.5, 0.6) is 0 Å². The van der Waals surface area contributed by atoms with Crippen molar-refractivity contribution < 1.29 is 22.7 Å². The number of carbonyl (C=O) groups excluding carboxylic acids is 1. The normalized spacial score (nSPS) is 12.2. The predicted molar refractivity (Wildman–Crippen MR) is 77.9 cm³/mol. The number of nitrogens with one attached hydrogen (secondary N) is 1. The zero-order valence-electron chi connectivity index (χ0n) is 11.7. The standard InChI is InChI=1S/C14H16FNO4S/c1-10(21(2,19)20)14(18)16-12-7-6-11(13(15)9-12)5-3-4-8-17/h6-7,9-10,17H,4,8H2,1-2H3,(H,16,18). The number of hydrogen-bond donors (Lipinski definition) is 2. The Bertz CT molecular complexity index is 689. The number of aliphatic hydroxyl groups is 1. The SMILES string of the molecule is CC(C(=O)Nc1ccc(C#CCCO)c(F)c1)S(C)(=O)=O. The van der Waals surface area contributed by atoms with Crippen molar-refractivity contribution in [1.29, 1.82) is 0 Å². The lowest BCUT2D eigenvalue weighted by molar-refractivity contribution is -0.115. The first-order valence-electron chi connectivity index (χ1n) is 6.14. The maximum atomic E-state index is 13.7. The second kappa shape index (κ2) is 7.20. The molecular formula is C14H16FNO4S. The molecule has 0 radical (unpaired) electrons. The van der Waals surface area contributed by atoms with Crippen LogP contribution in [0.15, 0.2) is 18.2 Å². The highest BCUT2D eigenvalue weighted by atomic mass is 32.2. The fourth-order valence-electron chi connectivity index (χ4n) is 1.35. The van der Waals surface area contributed by atoms with Crippen LogP contribution in [0.3, 0.4) is 0 Å². The monoisotopic (exact) mass is 313 g/mol. The van der Waals surface area contributed by atoms with Gasteiger partial charge in [-0.25, -0.2) is 12.8 Å². The smallest absolute Gasteiger partial charge is 0.242 e. The van der Waals surface area contributed by atoms with E-state index in [0.29, 0.717) is 0 Å². The van der Waals surface area contributed by atoms with Gasteiger partial charge in [0.15, 0.2) is 9.84 Å². The molecule has 0 heterocycles. The molecule has 1 atom stereocenters. The Morgan fingerprint density at radius 1 is 1.48 bits per heavy atom. The van der Waals surface area contributed by atoms with Gasteiger partial charge >= 0.3 is 0 Å². The quantitative estimate of drug-likeness (QED) is 0.810. The summed E-state index contributed by atoms with van der Waals surface area (Å²) in [5.41, 5.74) is 0.290. The van der Waals surface area contributed by atoms with E-state index in [0.717, 1.165) is 12.3 Å². The molecule has 1 unspecified atom stereocenters. The highest BCUT2D eigenvalue weighted by molar-refractivity contribution is 7.92. The first-order chi connectivity index (χ1) is 9.75. The van der Waals surface area contributed by atoms with Gasteiger partial charge in [-0.05, 0) is 25.1 Å². The third kappa shape index (κ3) is 5.17. The fraction of sp³-hybridized carbons (Fsp3) is 0.357. The molecule has 21 heavy (non-hydrogen) atoms. The molecule has 7 heteroatoms. The van der Waals surface area contributed by atoms with Gasteiger partial charge in [0.05, 0.1) is 12.2 Å². The van der Waals surface area contributed by atoms with Crippen molar-refractivity contribution in [3.05, 3.63) is 29.6 Å². The Kier molecular flexibility index (Phi) is 5.88. The summed E-state index contributed by atoms with van der Waals surface area (Å²) in [6, 6.07) is 3.87. The second-order valence-corrected chi connectivity index (χ2v) is 6.80. The highest BCUT2D eigenvalue weighted by Gasteiger charge is 2.23. The summed E-state index contributed by atoms with van der Waals surface area (Å²) < 4.78 is 36.2. The average molecular weight is 313 g/mol. The van der Waals surface area contributed by atoms with E-state index in [9.17, 15) is 17.6 Å². The van der Waals surface area contributed by atoms with Crippen LogP contribution in [0.4, 0.5) is 10.1 Å². The van der Waals surface area contributed by atoms with Crippen LogP contribution in [-0.2, 0) is 14.6 Å². The number of hydrogen-bond acceptors (Lipinski definition) is 4. The Morgan fingerprint density at radius 3 is 2.67 bits per heavy atom. The van der Waals surface area contributed by atoms with Crippen molar-refractivity contribution in [1.82, 2.24) is 0 Å². The molecular weight excluding hydrogens is 297 g/mol. The van der Waals surface area contributed by atoms with Crippen molar-refractivity contribution in [3.8, 4) is 11.8 Å². The van der Waals surface area contributed by atoms with E-state index >= 15 is 0 Å². The second-order valence-electron chi connectivity index (χ2n) is 4.43. The molecule has 1 aromatic carbocycles. The van der Waals surface area contributed by atoms with E-state index in [1.807, 2.05) is 0 Å². The van der Waals surface area contributed by atoms with Crippen molar-refractivity contribution in [2.24, 2.45) is 0 Å². The van der Waals surface area contributed by atoms with Crippen LogP contribution >= 0.6 is 0 Å². The van der Waals surface area contributed by atoms with Gasteiger partial charge in [0, 0.05) is 18.4 Å². The van der Waals surface area contributed by atoms with Crippen molar-refractivity contribution in [2.75, 3.05) is 18.2 Å². The topological polar surface area (TPSA) is 83.5 Å². The Labute approximate surface area is 123 Å². The third-order valence-electron chi connectivity index (χ3n) is 2.71. The third-order valence-corrected chi connectivity index (χ3v) is 4.21. The minimum atomic E-state index is -3.51. The summed E-state index contributed by atoms with van der Waals surface area (Å²) in [5.74, 6) is 3.77. The number of aliphatic hydroxyl groups excluding tert-OH is 1.